The summed E-state index contributed by atoms with van der Waals surface area (Å²) >= 11 is 3.21. The predicted molar refractivity (Wildman–Crippen MR) is 165 cm³/mol. The second kappa shape index (κ2) is 13.2. The number of nitro benzene ring substituents is 1. The number of aromatic nitrogens is 2. The van der Waals surface area contributed by atoms with Gasteiger partial charge in [-0.3, -0.25) is 25.0 Å². The number of nitro groups is 2. The Hall–Kier alpha value is -5.83. The van der Waals surface area contributed by atoms with Crippen LogP contribution >= 0.6 is 15.9 Å². The molecule has 0 unspecified atom stereocenters. The molecule has 1 N–H and O–H groups in total. The number of nitrogens with one attached hydrogen (secondary N) is 1. The van der Waals surface area contributed by atoms with E-state index in [0.717, 1.165) is 35.6 Å². The van der Waals surface area contributed by atoms with Crippen LogP contribution in [0.15, 0.2) is 93.0 Å². The average Bonchev–Trinajstić information content (AvgIpc) is 3.63. The topological polar surface area (TPSA) is 177 Å². The van der Waals surface area contributed by atoms with E-state index in [1.807, 2.05) is 38.1 Å². The largest absolute Gasteiger partial charge is 0.486 e. The molecular weight excluding hydrogens is 652 g/mol. The van der Waals surface area contributed by atoms with Gasteiger partial charge in [0.25, 0.3) is 5.69 Å². The van der Waals surface area contributed by atoms with Crippen molar-refractivity contribution in [3.63, 3.8) is 0 Å². The summed E-state index contributed by atoms with van der Waals surface area (Å²) in [6, 6.07) is 19.8. The Morgan fingerprint density at radius 2 is 1.76 bits per heavy atom. The lowest BCUT2D eigenvalue weighted by Crippen LogP contribution is -2.17. The molecule has 3 aromatic heterocycles. The fourth-order valence-electron chi connectivity index (χ4n) is 4.30. The Balaban J connectivity index is 1.23. The van der Waals surface area contributed by atoms with E-state index in [4.69, 9.17) is 13.9 Å². The second-order valence-corrected chi connectivity index (χ2v) is 10.4. The van der Waals surface area contributed by atoms with Crippen LogP contribution in [0.5, 0.6) is 17.4 Å². The van der Waals surface area contributed by atoms with Gasteiger partial charge in [0, 0.05) is 45.3 Å². The van der Waals surface area contributed by atoms with E-state index in [-0.39, 0.29) is 35.2 Å². The first-order valence-electron chi connectivity index (χ1n) is 13.2. The monoisotopic (exact) mass is 674 g/mol. The third kappa shape index (κ3) is 7.22. The third-order valence-corrected chi connectivity index (χ3v) is 6.86. The van der Waals surface area contributed by atoms with Crippen LogP contribution in [0.3, 0.4) is 0 Å². The zero-order chi connectivity index (χ0) is 32.1. The number of furan rings is 1. The number of nitrogens with zero attached hydrogens (tertiary/aromatic N) is 5. The summed E-state index contributed by atoms with van der Waals surface area (Å²) < 4.78 is 19.5. The zero-order valence-electron chi connectivity index (χ0n) is 23.7. The quantitative estimate of drug-likeness (QED) is 0.0896. The zero-order valence-corrected chi connectivity index (χ0v) is 25.3. The summed E-state index contributed by atoms with van der Waals surface area (Å²) in [6.45, 7) is 4.15. The normalized spacial score (nSPS) is 11.0. The first-order chi connectivity index (χ1) is 21.6. The maximum atomic E-state index is 12.7. The number of rotatable bonds is 11. The lowest BCUT2D eigenvalue weighted by molar-refractivity contribution is -0.385. The Morgan fingerprint density at radius 3 is 2.40 bits per heavy atom. The summed E-state index contributed by atoms with van der Waals surface area (Å²) in [5.41, 5.74) is 4.96. The molecule has 2 aromatic carbocycles. The van der Waals surface area contributed by atoms with E-state index in [2.05, 4.69) is 48.1 Å². The molecule has 0 radical (unpaired) electrons. The van der Waals surface area contributed by atoms with Crippen molar-refractivity contribution in [2.24, 2.45) is 5.10 Å². The Morgan fingerprint density at radius 1 is 1.02 bits per heavy atom. The molecule has 14 nitrogen and oxygen atoms in total. The summed E-state index contributed by atoms with van der Waals surface area (Å²) in [5, 5.41) is 26.5. The molecule has 0 aliphatic heterocycles. The summed E-state index contributed by atoms with van der Waals surface area (Å²) in [6.07, 6.45) is 2.10. The van der Waals surface area contributed by atoms with Crippen molar-refractivity contribution < 1.29 is 28.5 Å². The molecule has 1 amide bonds. The van der Waals surface area contributed by atoms with Gasteiger partial charge in [-0.25, -0.2) is 10.4 Å². The fraction of sp³-hybridized carbons (Fsp3) is 0.100. The first kappa shape index (κ1) is 30.6. The van der Waals surface area contributed by atoms with Gasteiger partial charge in [0.2, 0.25) is 11.6 Å². The van der Waals surface area contributed by atoms with Crippen molar-refractivity contribution in [2.75, 3.05) is 0 Å². The smallest absolute Gasteiger partial charge is 0.313 e. The van der Waals surface area contributed by atoms with E-state index >= 15 is 0 Å². The van der Waals surface area contributed by atoms with Crippen LogP contribution in [-0.4, -0.2) is 31.5 Å². The Bertz CT molecular complexity index is 1900. The highest BCUT2D eigenvalue weighted by molar-refractivity contribution is 9.10. The second-order valence-electron chi connectivity index (χ2n) is 9.51. The number of aryl methyl sites for hydroxylation is 2. The number of halogens is 1. The van der Waals surface area contributed by atoms with Crippen molar-refractivity contribution >= 4 is 39.4 Å². The van der Waals surface area contributed by atoms with E-state index in [1.165, 1.54) is 24.3 Å². The maximum absolute atomic E-state index is 12.7. The minimum atomic E-state index is -0.677. The number of amides is 1. The minimum absolute atomic E-state index is 0.0357. The molecular formula is C30H23BrN6O8. The van der Waals surface area contributed by atoms with Crippen LogP contribution in [-0.2, 0) is 6.61 Å². The van der Waals surface area contributed by atoms with E-state index in [9.17, 15) is 25.0 Å². The molecule has 228 valence electrons. The van der Waals surface area contributed by atoms with Gasteiger partial charge in [-0.2, -0.15) is 5.10 Å². The molecule has 0 fully saturated rings. The van der Waals surface area contributed by atoms with Gasteiger partial charge < -0.3 is 18.5 Å². The number of hydrogen-bond acceptors (Lipinski definition) is 10. The lowest BCUT2D eigenvalue weighted by atomic mass is 10.2. The van der Waals surface area contributed by atoms with E-state index in [0.29, 0.717) is 16.0 Å². The molecule has 0 saturated heterocycles. The molecule has 15 heteroatoms. The molecule has 0 bridgehead atoms. The molecule has 3 heterocycles. The van der Waals surface area contributed by atoms with Crippen LogP contribution in [0.4, 0.5) is 11.4 Å². The molecule has 0 spiro atoms. The number of hydrazone groups is 1. The van der Waals surface area contributed by atoms with Crippen LogP contribution < -0.4 is 14.9 Å². The van der Waals surface area contributed by atoms with Gasteiger partial charge in [-0.15, -0.1) is 0 Å². The third-order valence-electron chi connectivity index (χ3n) is 6.40. The van der Waals surface area contributed by atoms with Crippen molar-refractivity contribution in [3.05, 3.63) is 132 Å². The number of ether oxygens (including phenoxy) is 2. The van der Waals surface area contributed by atoms with Crippen LogP contribution in [0, 0.1) is 34.1 Å². The Labute approximate surface area is 263 Å². The van der Waals surface area contributed by atoms with Gasteiger partial charge in [0.05, 0.1) is 16.1 Å². The van der Waals surface area contributed by atoms with Gasteiger partial charge in [-0.1, -0.05) is 15.9 Å². The predicted octanol–water partition coefficient (Wildman–Crippen LogP) is 6.80. The lowest BCUT2D eigenvalue weighted by Gasteiger charge is -2.10. The number of hydrogen-bond donors (Lipinski definition) is 1. The highest BCUT2D eigenvalue weighted by Gasteiger charge is 2.22. The first-order valence-corrected chi connectivity index (χ1v) is 13.9. The summed E-state index contributed by atoms with van der Waals surface area (Å²) in [5.74, 6) is -0.0593. The summed E-state index contributed by atoms with van der Waals surface area (Å²) in [7, 11) is 0. The van der Waals surface area contributed by atoms with Crippen molar-refractivity contribution in [2.45, 2.75) is 20.5 Å². The molecule has 0 saturated carbocycles. The molecule has 0 aliphatic carbocycles. The molecule has 45 heavy (non-hydrogen) atoms. The maximum Gasteiger partial charge on any atom is 0.313 e. The van der Waals surface area contributed by atoms with Crippen LogP contribution in [0.2, 0.25) is 0 Å². The van der Waals surface area contributed by atoms with Gasteiger partial charge in [-0.05, 0) is 68.4 Å². The van der Waals surface area contributed by atoms with Crippen LogP contribution in [0.1, 0.15) is 33.3 Å². The summed E-state index contributed by atoms with van der Waals surface area (Å²) in [4.78, 5) is 37.8. The highest BCUT2D eigenvalue weighted by atomic mass is 79.9. The average molecular weight is 675 g/mol. The highest BCUT2D eigenvalue weighted by Crippen LogP contribution is 2.36. The van der Waals surface area contributed by atoms with Crippen molar-refractivity contribution in [1.82, 2.24) is 15.0 Å². The molecule has 5 aromatic rings. The number of carbonyl (C=O) groups is 1. The fourth-order valence-corrected chi connectivity index (χ4v) is 4.77. The SMILES string of the molecule is Cc1ccc(C)n1-c1ccc(OCc2ccc(C(=O)N/N=C/c3cc(Br)cc([N+](=O)[O-])c3Oc3ccc([N+](=O)[O-])cn3)o2)cc1. The van der Waals surface area contributed by atoms with Crippen LogP contribution in [0.25, 0.3) is 5.69 Å². The minimum Gasteiger partial charge on any atom is -0.486 e. The van der Waals surface area contributed by atoms with Crippen molar-refractivity contribution in [3.8, 4) is 23.1 Å². The van der Waals surface area contributed by atoms with Gasteiger partial charge in [0.15, 0.2) is 5.76 Å². The Kier molecular flexibility index (Phi) is 8.99. The standard InChI is InChI=1S/C30H23BrN6O8/c1-18-3-4-19(2)35(18)22-5-8-24(9-6-22)43-17-25-10-11-27(44-25)30(38)34-33-15-20-13-21(31)14-26(37(41)42)29(20)45-28-12-7-23(16-32-28)36(39)40/h3-16H,17H2,1-2H3,(H,34,38)/b33-15+. The van der Waals surface area contributed by atoms with Gasteiger partial charge >= 0.3 is 11.6 Å². The molecule has 0 aliphatic rings. The molecule has 5 rings (SSSR count). The van der Waals surface area contributed by atoms with E-state index in [1.54, 1.807) is 6.07 Å². The van der Waals surface area contributed by atoms with Crippen molar-refractivity contribution in [1.29, 1.82) is 0 Å². The number of pyridine rings is 1. The molecule has 0 atom stereocenters. The number of carbonyl (C=O) groups excluding carboxylic acids is 1. The van der Waals surface area contributed by atoms with E-state index < -0.39 is 21.4 Å². The van der Waals surface area contributed by atoms with Gasteiger partial charge in [0.1, 0.15) is 24.3 Å². The number of benzene rings is 2.